The summed E-state index contributed by atoms with van der Waals surface area (Å²) >= 11 is 1.28. The van der Waals surface area contributed by atoms with E-state index >= 15 is 0 Å². The Kier molecular flexibility index (Phi) is 5.67. The van der Waals surface area contributed by atoms with Crippen LogP contribution in [0.3, 0.4) is 0 Å². The van der Waals surface area contributed by atoms with E-state index in [9.17, 15) is 14.4 Å². The van der Waals surface area contributed by atoms with E-state index in [2.05, 4.69) is 15.6 Å². The van der Waals surface area contributed by atoms with Crippen molar-refractivity contribution in [3.63, 3.8) is 0 Å². The Hall–Kier alpha value is -3.72. The maximum atomic E-state index is 13.0. The van der Waals surface area contributed by atoms with Crippen molar-refractivity contribution >= 4 is 34.3 Å². The first-order chi connectivity index (χ1) is 15.3. The van der Waals surface area contributed by atoms with Crippen molar-refractivity contribution in [3.8, 4) is 17.0 Å². The van der Waals surface area contributed by atoms with Gasteiger partial charge in [-0.1, -0.05) is 42.0 Å². The molecule has 2 N–H and O–H groups in total. The third-order valence-corrected chi connectivity index (χ3v) is 6.10. The van der Waals surface area contributed by atoms with Crippen LogP contribution in [-0.4, -0.2) is 41.4 Å². The second kappa shape index (κ2) is 8.43. The van der Waals surface area contributed by atoms with Crippen molar-refractivity contribution in [2.24, 2.45) is 0 Å². The molecule has 0 radical (unpaired) electrons. The van der Waals surface area contributed by atoms with Gasteiger partial charge in [-0.2, -0.15) is 0 Å². The number of rotatable bonds is 6. The fourth-order valence-electron chi connectivity index (χ4n) is 3.45. The highest BCUT2D eigenvalue weighted by atomic mass is 32.1. The maximum Gasteiger partial charge on any atom is 0.325 e. The molecule has 32 heavy (non-hydrogen) atoms. The molecule has 1 aromatic heterocycles. The normalized spacial score (nSPS) is 17.9. The molecule has 0 saturated carbocycles. The molecule has 0 bridgehead atoms. The second-order valence-electron chi connectivity index (χ2n) is 7.63. The van der Waals surface area contributed by atoms with Gasteiger partial charge in [0, 0.05) is 10.9 Å². The van der Waals surface area contributed by atoms with Crippen molar-refractivity contribution in [1.82, 2.24) is 15.2 Å². The molecule has 0 unspecified atom stereocenters. The number of hydrogen-bond donors (Lipinski definition) is 2. The van der Waals surface area contributed by atoms with E-state index in [1.807, 2.05) is 36.6 Å². The van der Waals surface area contributed by atoms with Gasteiger partial charge in [0.15, 0.2) is 5.13 Å². The molecule has 4 amide bonds. The van der Waals surface area contributed by atoms with E-state index in [0.717, 1.165) is 21.7 Å². The molecule has 3 aromatic rings. The van der Waals surface area contributed by atoms with Crippen LogP contribution < -0.4 is 15.4 Å². The second-order valence-corrected chi connectivity index (χ2v) is 8.49. The van der Waals surface area contributed by atoms with Crippen LogP contribution in [-0.2, 0) is 15.1 Å². The topological polar surface area (TPSA) is 101 Å². The number of thiazole rings is 1. The molecule has 9 heteroatoms. The highest BCUT2D eigenvalue weighted by Gasteiger charge is 2.49. The Morgan fingerprint density at radius 1 is 1.16 bits per heavy atom. The lowest BCUT2D eigenvalue weighted by atomic mass is 9.92. The lowest BCUT2D eigenvalue weighted by Gasteiger charge is -2.22. The van der Waals surface area contributed by atoms with Gasteiger partial charge in [0.25, 0.3) is 5.91 Å². The van der Waals surface area contributed by atoms with Gasteiger partial charge in [0.2, 0.25) is 5.91 Å². The molecule has 4 rings (SSSR count). The number of carbonyl (C=O) groups is 3. The largest absolute Gasteiger partial charge is 0.497 e. The SMILES string of the molecule is COc1ccc([C@]2(C)NC(=O)N(CC(=O)Nc3nc(-c4ccc(C)cc4)cs3)C2=O)cc1. The fourth-order valence-corrected chi connectivity index (χ4v) is 4.19. The monoisotopic (exact) mass is 450 g/mol. The van der Waals surface area contributed by atoms with E-state index in [-0.39, 0.29) is 0 Å². The highest BCUT2D eigenvalue weighted by Crippen LogP contribution is 2.30. The number of nitrogens with one attached hydrogen (secondary N) is 2. The third kappa shape index (κ3) is 4.06. The Morgan fingerprint density at radius 2 is 1.84 bits per heavy atom. The standard InChI is InChI=1S/C23H22N4O4S/c1-14-4-6-15(7-5-14)18-13-32-21(24-18)25-19(28)12-27-20(29)23(2,26-22(27)30)16-8-10-17(31-3)11-9-16/h4-11,13H,12H2,1-3H3,(H,26,30)(H,24,25,28)/t23-/m0/s1. The number of urea groups is 1. The van der Waals surface area contributed by atoms with Gasteiger partial charge in [-0.25, -0.2) is 9.78 Å². The zero-order valence-electron chi connectivity index (χ0n) is 17.8. The van der Waals surface area contributed by atoms with Crippen LogP contribution in [0.1, 0.15) is 18.1 Å². The van der Waals surface area contributed by atoms with Gasteiger partial charge < -0.3 is 15.4 Å². The molecule has 8 nitrogen and oxygen atoms in total. The summed E-state index contributed by atoms with van der Waals surface area (Å²) in [6.45, 7) is 3.21. The summed E-state index contributed by atoms with van der Waals surface area (Å²) in [5.41, 5.74) is 2.17. The molecular weight excluding hydrogens is 428 g/mol. The molecule has 0 aliphatic carbocycles. The number of hydrogen-bond acceptors (Lipinski definition) is 6. The van der Waals surface area contributed by atoms with E-state index in [0.29, 0.717) is 16.4 Å². The van der Waals surface area contributed by atoms with Crippen LogP contribution in [0, 0.1) is 6.92 Å². The third-order valence-electron chi connectivity index (χ3n) is 5.34. The number of aryl methyl sites for hydroxylation is 1. The molecule has 164 valence electrons. The van der Waals surface area contributed by atoms with Crippen molar-refractivity contribution < 1.29 is 19.1 Å². The average molecular weight is 451 g/mol. The van der Waals surface area contributed by atoms with Gasteiger partial charge in [0.05, 0.1) is 12.8 Å². The number of ether oxygens (including phenoxy) is 1. The first-order valence-corrected chi connectivity index (χ1v) is 10.8. The molecule has 1 saturated heterocycles. The Bertz CT molecular complexity index is 1170. The number of carbonyl (C=O) groups excluding carboxylic acids is 3. The summed E-state index contributed by atoms with van der Waals surface area (Å²) in [5.74, 6) is -0.363. The van der Waals surface area contributed by atoms with Crippen LogP contribution in [0.4, 0.5) is 9.93 Å². The first-order valence-electron chi connectivity index (χ1n) is 9.91. The minimum Gasteiger partial charge on any atom is -0.497 e. The molecule has 2 heterocycles. The predicted octanol–water partition coefficient (Wildman–Crippen LogP) is 3.53. The van der Waals surface area contributed by atoms with Crippen molar-refractivity contribution in [1.29, 1.82) is 0 Å². The summed E-state index contributed by atoms with van der Waals surface area (Å²) in [7, 11) is 1.55. The summed E-state index contributed by atoms with van der Waals surface area (Å²) in [6.07, 6.45) is 0. The zero-order chi connectivity index (χ0) is 22.9. The quantitative estimate of drug-likeness (QED) is 0.560. The van der Waals surface area contributed by atoms with E-state index in [4.69, 9.17) is 4.74 Å². The number of benzene rings is 2. The van der Waals surface area contributed by atoms with Crippen molar-refractivity contribution in [3.05, 3.63) is 65.0 Å². The summed E-state index contributed by atoms with van der Waals surface area (Å²) in [5, 5.41) is 7.60. The van der Waals surface area contributed by atoms with E-state index in [1.54, 1.807) is 38.3 Å². The van der Waals surface area contributed by atoms with Gasteiger partial charge in [-0.05, 0) is 31.5 Å². The first kappa shape index (κ1) is 21.5. The lowest BCUT2D eigenvalue weighted by molar-refractivity contribution is -0.133. The molecule has 1 aliphatic heterocycles. The molecule has 2 aromatic carbocycles. The Labute approximate surface area is 189 Å². The van der Waals surface area contributed by atoms with Gasteiger partial charge >= 0.3 is 6.03 Å². The minimum atomic E-state index is -1.26. The van der Waals surface area contributed by atoms with Crippen molar-refractivity contribution in [2.75, 3.05) is 19.0 Å². The summed E-state index contributed by atoms with van der Waals surface area (Å²) in [4.78, 5) is 43.4. The maximum absolute atomic E-state index is 13.0. The molecule has 1 aliphatic rings. The molecular formula is C23H22N4O4S. The minimum absolute atomic E-state index is 0.399. The molecule has 0 spiro atoms. The smallest absolute Gasteiger partial charge is 0.325 e. The average Bonchev–Trinajstić information content (AvgIpc) is 3.33. The number of amides is 4. The van der Waals surface area contributed by atoms with Gasteiger partial charge in [-0.3, -0.25) is 14.5 Å². The fraction of sp³-hybridized carbons (Fsp3) is 0.217. The highest BCUT2D eigenvalue weighted by molar-refractivity contribution is 7.14. The van der Waals surface area contributed by atoms with E-state index in [1.165, 1.54) is 11.3 Å². The van der Waals surface area contributed by atoms with Crippen molar-refractivity contribution in [2.45, 2.75) is 19.4 Å². The number of aromatic nitrogens is 1. The van der Waals surface area contributed by atoms with Crippen LogP contribution in [0.5, 0.6) is 5.75 Å². The predicted molar refractivity (Wildman–Crippen MR) is 122 cm³/mol. The van der Waals surface area contributed by atoms with Gasteiger partial charge in [-0.15, -0.1) is 11.3 Å². The lowest BCUT2D eigenvalue weighted by Crippen LogP contribution is -2.42. The Morgan fingerprint density at radius 3 is 2.50 bits per heavy atom. The number of methoxy groups -OCH3 is 1. The number of anilines is 1. The van der Waals surface area contributed by atoms with E-state index < -0.39 is 29.9 Å². The summed E-state index contributed by atoms with van der Waals surface area (Å²) < 4.78 is 5.14. The number of imide groups is 1. The van der Waals surface area contributed by atoms with Crippen LogP contribution in [0.2, 0.25) is 0 Å². The van der Waals surface area contributed by atoms with Gasteiger partial charge in [0.1, 0.15) is 17.8 Å². The van der Waals surface area contributed by atoms with Crippen LogP contribution >= 0.6 is 11.3 Å². The molecule has 1 atom stereocenters. The van der Waals surface area contributed by atoms with Crippen LogP contribution in [0.15, 0.2) is 53.9 Å². The van der Waals surface area contributed by atoms with Crippen LogP contribution in [0.25, 0.3) is 11.3 Å². The Balaban J connectivity index is 1.43. The zero-order valence-corrected chi connectivity index (χ0v) is 18.7. The number of nitrogens with zero attached hydrogens (tertiary/aromatic N) is 2. The molecule has 1 fully saturated rings. The summed E-state index contributed by atoms with van der Waals surface area (Å²) in [6, 6.07) is 14.1.